The number of hydrogen-bond acceptors (Lipinski definition) is 2. The Morgan fingerprint density at radius 1 is 1.29 bits per heavy atom. The Bertz CT molecular complexity index is 391. The summed E-state index contributed by atoms with van der Waals surface area (Å²) in [4.78, 5) is 0. The Labute approximate surface area is 124 Å². The first-order chi connectivity index (χ1) is 7.99. The van der Waals surface area contributed by atoms with Crippen LogP contribution in [-0.2, 0) is 0 Å². The maximum atomic E-state index is 10.5. The molecule has 0 amide bonds. The van der Waals surface area contributed by atoms with E-state index in [0.29, 0.717) is 5.92 Å². The third-order valence-electron chi connectivity index (χ3n) is 4.09. The van der Waals surface area contributed by atoms with Gasteiger partial charge in [0.15, 0.2) is 0 Å². The molecule has 1 N–H and O–H groups in total. The van der Waals surface area contributed by atoms with Crippen molar-refractivity contribution in [3.05, 3.63) is 19.2 Å². The molecule has 0 spiro atoms. The van der Waals surface area contributed by atoms with Gasteiger partial charge >= 0.3 is 0 Å². The Morgan fingerprint density at radius 2 is 2.00 bits per heavy atom. The maximum Gasteiger partial charge on any atom is 0.0837 e. The molecule has 96 valence electrons. The standard InChI is InChI=1S/C13H18Br2OS/c1-7-3-4-9(5-8(7)2)12(16)10-6-11(14)17-13(10)15/h6-9,12,16H,3-5H2,1-2H3. The van der Waals surface area contributed by atoms with Gasteiger partial charge in [-0.25, -0.2) is 0 Å². The number of thiophene rings is 1. The van der Waals surface area contributed by atoms with Gasteiger partial charge in [-0.3, -0.25) is 0 Å². The summed E-state index contributed by atoms with van der Waals surface area (Å²) in [6.45, 7) is 4.63. The lowest BCUT2D eigenvalue weighted by molar-refractivity contribution is 0.0559. The Hall–Kier alpha value is 0.620. The van der Waals surface area contributed by atoms with Crippen molar-refractivity contribution >= 4 is 43.2 Å². The fraction of sp³-hybridized carbons (Fsp3) is 0.692. The van der Waals surface area contributed by atoms with E-state index in [4.69, 9.17) is 0 Å². The van der Waals surface area contributed by atoms with E-state index in [-0.39, 0.29) is 6.10 Å². The lowest BCUT2D eigenvalue weighted by atomic mass is 9.73. The van der Waals surface area contributed by atoms with Crippen LogP contribution in [0, 0.1) is 17.8 Å². The van der Waals surface area contributed by atoms with Gasteiger partial charge in [0.2, 0.25) is 0 Å². The van der Waals surface area contributed by atoms with E-state index in [9.17, 15) is 5.11 Å². The second kappa shape index (κ2) is 5.72. The zero-order chi connectivity index (χ0) is 12.6. The fourth-order valence-electron chi connectivity index (χ4n) is 2.68. The van der Waals surface area contributed by atoms with Crippen LogP contribution in [0.25, 0.3) is 0 Å². The van der Waals surface area contributed by atoms with Crippen molar-refractivity contribution < 1.29 is 5.11 Å². The molecule has 0 aromatic carbocycles. The molecule has 1 fully saturated rings. The van der Waals surface area contributed by atoms with E-state index in [0.717, 1.165) is 37.8 Å². The molecule has 0 bridgehead atoms. The molecule has 1 saturated carbocycles. The van der Waals surface area contributed by atoms with E-state index >= 15 is 0 Å². The van der Waals surface area contributed by atoms with Gasteiger partial charge in [0.05, 0.1) is 13.7 Å². The number of aliphatic hydroxyl groups is 1. The molecule has 1 aromatic heterocycles. The molecule has 0 aliphatic heterocycles. The van der Waals surface area contributed by atoms with Crippen LogP contribution >= 0.6 is 43.2 Å². The Balaban J connectivity index is 2.10. The monoisotopic (exact) mass is 380 g/mol. The number of halogens is 2. The van der Waals surface area contributed by atoms with E-state index in [2.05, 4.69) is 45.7 Å². The van der Waals surface area contributed by atoms with E-state index in [1.54, 1.807) is 11.3 Å². The van der Waals surface area contributed by atoms with Gasteiger partial charge in [-0.1, -0.05) is 20.3 Å². The highest BCUT2D eigenvalue weighted by molar-refractivity contribution is 9.12. The largest absolute Gasteiger partial charge is 0.388 e. The molecule has 4 unspecified atom stereocenters. The Morgan fingerprint density at radius 3 is 2.53 bits per heavy atom. The van der Waals surface area contributed by atoms with Crippen LogP contribution in [0.5, 0.6) is 0 Å². The summed E-state index contributed by atoms with van der Waals surface area (Å²) in [6, 6.07) is 2.04. The summed E-state index contributed by atoms with van der Waals surface area (Å²) in [5, 5.41) is 10.5. The molecular weight excluding hydrogens is 364 g/mol. The van der Waals surface area contributed by atoms with Gasteiger partial charge in [0, 0.05) is 5.56 Å². The highest BCUT2D eigenvalue weighted by atomic mass is 79.9. The van der Waals surface area contributed by atoms with Gasteiger partial charge in [-0.2, -0.15) is 0 Å². The van der Waals surface area contributed by atoms with Crippen LogP contribution in [0.3, 0.4) is 0 Å². The molecule has 1 aromatic rings. The average molecular weight is 382 g/mol. The molecular formula is C13H18Br2OS. The predicted molar refractivity (Wildman–Crippen MR) is 80.3 cm³/mol. The smallest absolute Gasteiger partial charge is 0.0837 e. The quantitative estimate of drug-likeness (QED) is 0.729. The summed E-state index contributed by atoms with van der Waals surface area (Å²) in [5.74, 6) is 1.94. The first-order valence-electron chi connectivity index (χ1n) is 6.11. The summed E-state index contributed by atoms with van der Waals surface area (Å²) >= 11 is 8.65. The molecule has 2 rings (SSSR count). The van der Waals surface area contributed by atoms with Crippen molar-refractivity contribution in [2.45, 2.75) is 39.2 Å². The Kier molecular flexibility index (Phi) is 4.73. The predicted octanol–water partition coefficient (Wildman–Crippen LogP) is 5.38. The van der Waals surface area contributed by atoms with Gasteiger partial charge < -0.3 is 5.11 Å². The highest BCUT2D eigenvalue weighted by Gasteiger charge is 2.31. The number of hydrogen-bond donors (Lipinski definition) is 1. The zero-order valence-corrected chi connectivity index (χ0v) is 14.1. The topological polar surface area (TPSA) is 20.2 Å². The summed E-state index contributed by atoms with van der Waals surface area (Å²) in [5.41, 5.74) is 1.05. The second-order valence-corrected chi connectivity index (χ2v) is 9.00. The molecule has 1 heterocycles. The summed E-state index contributed by atoms with van der Waals surface area (Å²) in [7, 11) is 0. The molecule has 4 atom stereocenters. The summed E-state index contributed by atoms with van der Waals surface area (Å²) < 4.78 is 2.14. The highest BCUT2D eigenvalue weighted by Crippen LogP contribution is 2.44. The minimum Gasteiger partial charge on any atom is -0.388 e. The first kappa shape index (κ1) is 14.0. The SMILES string of the molecule is CC1CCC(C(O)c2cc(Br)sc2Br)CC1C. The minimum atomic E-state index is -0.318. The van der Waals surface area contributed by atoms with Gasteiger partial charge in [0.25, 0.3) is 0 Å². The number of rotatable bonds is 2. The maximum absolute atomic E-state index is 10.5. The molecule has 4 heteroatoms. The van der Waals surface area contributed by atoms with Crippen LogP contribution in [0.15, 0.2) is 13.6 Å². The lowest BCUT2D eigenvalue weighted by Gasteiger charge is -2.34. The average Bonchev–Trinajstić information content (AvgIpc) is 2.61. The van der Waals surface area contributed by atoms with Crippen LogP contribution in [0.2, 0.25) is 0 Å². The van der Waals surface area contributed by atoms with E-state index in [1.807, 2.05) is 6.07 Å². The van der Waals surface area contributed by atoms with Crippen LogP contribution in [-0.4, -0.2) is 5.11 Å². The molecule has 1 aliphatic carbocycles. The van der Waals surface area contributed by atoms with Crippen LogP contribution in [0.1, 0.15) is 44.8 Å². The van der Waals surface area contributed by atoms with Crippen molar-refractivity contribution in [1.29, 1.82) is 0 Å². The first-order valence-corrected chi connectivity index (χ1v) is 8.52. The minimum absolute atomic E-state index is 0.318. The van der Waals surface area contributed by atoms with Gasteiger partial charge in [0.1, 0.15) is 0 Å². The molecule has 0 saturated heterocycles. The van der Waals surface area contributed by atoms with Crippen LogP contribution in [0.4, 0.5) is 0 Å². The van der Waals surface area contributed by atoms with E-state index < -0.39 is 0 Å². The van der Waals surface area contributed by atoms with Gasteiger partial charge in [-0.05, 0) is 68.5 Å². The van der Waals surface area contributed by atoms with Crippen LogP contribution < -0.4 is 0 Å². The van der Waals surface area contributed by atoms with Crippen molar-refractivity contribution in [1.82, 2.24) is 0 Å². The molecule has 17 heavy (non-hydrogen) atoms. The van der Waals surface area contributed by atoms with Gasteiger partial charge in [-0.15, -0.1) is 11.3 Å². The van der Waals surface area contributed by atoms with Crippen molar-refractivity contribution in [2.75, 3.05) is 0 Å². The number of aliphatic hydroxyl groups excluding tert-OH is 1. The zero-order valence-electron chi connectivity index (χ0n) is 10.1. The third-order valence-corrected chi connectivity index (χ3v) is 6.47. The van der Waals surface area contributed by atoms with Crippen molar-refractivity contribution in [3.63, 3.8) is 0 Å². The van der Waals surface area contributed by atoms with Crippen molar-refractivity contribution in [3.8, 4) is 0 Å². The summed E-state index contributed by atoms with van der Waals surface area (Å²) in [6.07, 6.45) is 3.21. The normalized spacial score (nSPS) is 31.5. The third kappa shape index (κ3) is 3.14. The van der Waals surface area contributed by atoms with E-state index in [1.165, 1.54) is 6.42 Å². The molecule has 0 radical (unpaired) electrons. The van der Waals surface area contributed by atoms with Crippen molar-refractivity contribution in [2.24, 2.45) is 17.8 Å². The fourth-order valence-corrected chi connectivity index (χ4v) is 5.60. The lowest BCUT2D eigenvalue weighted by Crippen LogP contribution is -2.25. The molecule has 1 aliphatic rings. The second-order valence-electron chi connectivity index (χ2n) is 5.25. The molecule has 1 nitrogen and oxygen atoms in total.